The second-order valence-electron chi connectivity index (χ2n) is 5.55. The normalized spacial score (nSPS) is 22.8. The maximum atomic E-state index is 12.7. The number of rotatable bonds is 7. The Labute approximate surface area is 130 Å². The molecule has 0 saturated heterocycles. The number of ether oxygens (including phenoxy) is 1. The van der Waals surface area contributed by atoms with Crippen LogP contribution in [-0.4, -0.2) is 30.5 Å². The highest BCUT2D eigenvalue weighted by atomic mass is 19.4. The molecule has 1 aliphatic carbocycles. The van der Waals surface area contributed by atoms with Crippen molar-refractivity contribution in [3.8, 4) is 0 Å². The van der Waals surface area contributed by atoms with Crippen LogP contribution in [0.5, 0.6) is 0 Å². The first kappa shape index (κ1) is 19.6. The van der Waals surface area contributed by atoms with E-state index in [-0.39, 0.29) is 24.5 Å². The van der Waals surface area contributed by atoms with Gasteiger partial charge in [0, 0.05) is 18.8 Å². The van der Waals surface area contributed by atoms with Crippen molar-refractivity contribution in [1.29, 1.82) is 0 Å². The summed E-state index contributed by atoms with van der Waals surface area (Å²) in [6, 6.07) is 0. The Morgan fingerprint density at radius 1 is 1.26 bits per heavy atom. The lowest BCUT2D eigenvalue weighted by Crippen LogP contribution is -2.41. The number of Topliss-reactive ketones (excluding diaryl/α,β-unsaturated/α-hetero) is 1. The van der Waals surface area contributed by atoms with E-state index in [2.05, 4.69) is 4.74 Å². The third kappa shape index (κ3) is 5.58. The summed E-state index contributed by atoms with van der Waals surface area (Å²) in [6.45, 7) is -0.112. The van der Waals surface area contributed by atoms with Crippen molar-refractivity contribution in [3.63, 3.8) is 0 Å². The van der Waals surface area contributed by atoms with Gasteiger partial charge in [-0.25, -0.2) is 0 Å². The highest BCUT2D eigenvalue weighted by Gasteiger charge is 2.58. The lowest BCUT2D eigenvalue weighted by Gasteiger charge is -2.20. The van der Waals surface area contributed by atoms with E-state index in [0.717, 1.165) is 6.42 Å². The SMILES string of the molecule is CC/C=C/CC1C(=O)CCC1CC(=O)OCC(F)(F)C(F)(F)F. The Hall–Kier alpha value is -1.47. The van der Waals surface area contributed by atoms with Gasteiger partial charge in [0.1, 0.15) is 5.78 Å². The maximum Gasteiger partial charge on any atom is 0.456 e. The lowest BCUT2D eigenvalue weighted by atomic mass is 9.89. The van der Waals surface area contributed by atoms with Crippen molar-refractivity contribution in [1.82, 2.24) is 0 Å². The van der Waals surface area contributed by atoms with Gasteiger partial charge in [0.25, 0.3) is 0 Å². The molecule has 0 N–H and O–H groups in total. The first-order valence-corrected chi connectivity index (χ1v) is 7.36. The van der Waals surface area contributed by atoms with E-state index < -0.39 is 30.6 Å². The summed E-state index contributed by atoms with van der Waals surface area (Å²) in [7, 11) is 0. The largest absolute Gasteiger partial charge is 0.459 e. The summed E-state index contributed by atoms with van der Waals surface area (Å²) in [4.78, 5) is 23.3. The van der Waals surface area contributed by atoms with Gasteiger partial charge in [-0.1, -0.05) is 19.1 Å². The summed E-state index contributed by atoms with van der Waals surface area (Å²) in [5, 5.41) is 0. The Morgan fingerprint density at radius 3 is 2.48 bits per heavy atom. The van der Waals surface area contributed by atoms with Crippen molar-refractivity contribution in [2.75, 3.05) is 6.61 Å². The maximum absolute atomic E-state index is 12.7. The fourth-order valence-corrected chi connectivity index (χ4v) is 2.48. The minimum Gasteiger partial charge on any atom is -0.459 e. The van der Waals surface area contributed by atoms with Crippen LogP contribution in [0.15, 0.2) is 12.2 Å². The zero-order valence-corrected chi connectivity index (χ0v) is 12.7. The van der Waals surface area contributed by atoms with Gasteiger partial charge in [-0.2, -0.15) is 22.0 Å². The summed E-state index contributed by atoms with van der Waals surface area (Å²) in [5.74, 6) is -7.02. The molecule has 0 spiro atoms. The number of esters is 1. The molecular formula is C15H19F5O3. The highest BCUT2D eigenvalue weighted by molar-refractivity contribution is 5.84. The zero-order valence-electron chi connectivity index (χ0n) is 12.7. The molecule has 0 heterocycles. The van der Waals surface area contributed by atoms with Gasteiger partial charge in [0.05, 0.1) is 0 Å². The number of alkyl halides is 5. The fourth-order valence-electron chi connectivity index (χ4n) is 2.48. The number of allylic oxidation sites excluding steroid dienone is 2. The van der Waals surface area contributed by atoms with Crippen molar-refractivity contribution in [2.45, 2.75) is 51.1 Å². The topological polar surface area (TPSA) is 43.4 Å². The third-order valence-electron chi connectivity index (χ3n) is 3.79. The second-order valence-corrected chi connectivity index (χ2v) is 5.55. The van der Waals surface area contributed by atoms with Crippen molar-refractivity contribution >= 4 is 11.8 Å². The van der Waals surface area contributed by atoms with Crippen molar-refractivity contribution in [2.24, 2.45) is 11.8 Å². The quantitative estimate of drug-likeness (QED) is 0.398. The molecule has 2 unspecified atom stereocenters. The molecule has 8 heteroatoms. The molecule has 23 heavy (non-hydrogen) atoms. The molecule has 2 atom stereocenters. The number of carbonyl (C=O) groups is 2. The third-order valence-corrected chi connectivity index (χ3v) is 3.79. The highest BCUT2D eigenvalue weighted by Crippen LogP contribution is 2.37. The Kier molecular flexibility index (Phi) is 6.70. The smallest absolute Gasteiger partial charge is 0.456 e. The van der Waals surface area contributed by atoms with Crippen LogP contribution in [0.2, 0.25) is 0 Å². The molecule has 0 radical (unpaired) electrons. The van der Waals surface area contributed by atoms with Gasteiger partial charge in [0.2, 0.25) is 0 Å². The van der Waals surface area contributed by atoms with Crippen LogP contribution in [0.3, 0.4) is 0 Å². The molecule has 1 fully saturated rings. The van der Waals surface area contributed by atoms with Crippen molar-refractivity contribution < 1.29 is 36.3 Å². The Balaban J connectivity index is 2.53. The molecule has 0 aromatic carbocycles. The van der Waals surface area contributed by atoms with Crippen LogP contribution in [0.4, 0.5) is 22.0 Å². The fraction of sp³-hybridized carbons (Fsp3) is 0.733. The molecule has 132 valence electrons. The first-order valence-electron chi connectivity index (χ1n) is 7.36. The van der Waals surface area contributed by atoms with Crippen LogP contribution in [0.25, 0.3) is 0 Å². The minimum absolute atomic E-state index is 0.0239. The molecule has 1 aliphatic rings. The van der Waals surface area contributed by atoms with Crippen molar-refractivity contribution in [3.05, 3.63) is 12.2 Å². The van der Waals surface area contributed by atoms with Crippen LogP contribution in [-0.2, 0) is 14.3 Å². The summed E-state index contributed by atoms with van der Waals surface area (Å²) < 4.78 is 65.4. The lowest BCUT2D eigenvalue weighted by molar-refractivity contribution is -0.294. The zero-order chi connectivity index (χ0) is 17.7. The molecule has 3 nitrogen and oxygen atoms in total. The van der Waals surface area contributed by atoms with Gasteiger partial charge in [-0.15, -0.1) is 0 Å². The van der Waals surface area contributed by atoms with Gasteiger partial charge < -0.3 is 4.74 Å². The molecule has 0 bridgehead atoms. The predicted molar refractivity (Wildman–Crippen MR) is 71.8 cm³/mol. The number of hydrogen-bond acceptors (Lipinski definition) is 3. The molecule has 0 aromatic heterocycles. The van der Waals surface area contributed by atoms with E-state index >= 15 is 0 Å². The van der Waals surface area contributed by atoms with E-state index in [1.54, 1.807) is 0 Å². The van der Waals surface area contributed by atoms with Crippen LogP contribution in [0, 0.1) is 11.8 Å². The van der Waals surface area contributed by atoms with E-state index in [4.69, 9.17) is 0 Å². The van der Waals surface area contributed by atoms with Crippen LogP contribution < -0.4 is 0 Å². The summed E-state index contributed by atoms with van der Waals surface area (Å²) in [5.41, 5.74) is 0. The first-order chi connectivity index (χ1) is 10.6. The number of hydrogen-bond donors (Lipinski definition) is 0. The predicted octanol–water partition coefficient (Wildman–Crippen LogP) is 4.07. The van der Waals surface area contributed by atoms with E-state index in [0.29, 0.717) is 12.8 Å². The van der Waals surface area contributed by atoms with Crippen LogP contribution in [0.1, 0.15) is 39.0 Å². The molecule has 0 amide bonds. The van der Waals surface area contributed by atoms with Crippen LogP contribution >= 0.6 is 0 Å². The monoisotopic (exact) mass is 342 g/mol. The summed E-state index contributed by atoms with van der Waals surface area (Å²) >= 11 is 0. The Morgan fingerprint density at radius 2 is 1.91 bits per heavy atom. The van der Waals surface area contributed by atoms with Gasteiger partial charge in [-0.3, -0.25) is 9.59 Å². The molecular weight excluding hydrogens is 323 g/mol. The average molecular weight is 342 g/mol. The van der Waals surface area contributed by atoms with Gasteiger partial charge >= 0.3 is 18.1 Å². The number of ketones is 1. The second kappa shape index (κ2) is 7.88. The average Bonchev–Trinajstić information content (AvgIpc) is 2.77. The molecule has 0 aromatic rings. The minimum atomic E-state index is -5.76. The van der Waals surface area contributed by atoms with E-state index in [1.165, 1.54) is 0 Å². The van der Waals surface area contributed by atoms with Gasteiger partial charge in [-0.05, 0) is 25.2 Å². The number of carbonyl (C=O) groups excluding carboxylic acids is 2. The molecule has 1 saturated carbocycles. The number of halogens is 5. The van der Waals surface area contributed by atoms with Gasteiger partial charge in [0.15, 0.2) is 6.61 Å². The van der Waals surface area contributed by atoms with E-state index in [1.807, 2.05) is 19.1 Å². The van der Waals surface area contributed by atoms with E-state index in [9.17, 15) is 31.5 Å². The standard InChI is InChI=1S/C15H19F5O3/c1-2-3-4-5-11-10(6-7-12(11)21)8-13(22)23-9-14(16,17)15(18,19)20/h3-4,10-11H,2,5-9H2,1H3/b4-3+. The Bertz CT molecular complexity index is 457. The summed E-state index contributed by atoms with van der Waals surface area (Å²) in [6.07, 6.45) is -0.498. The molecule has 0 aliphatic heterocycles. The molecule has 1 rings (SSSR count).